The van der Waals surface area contributed by atoms with Crippen molar-refractivity contribution in [2.75, 3.05) is 26.4 Å². The molecular formula is C11H19N3O4. The molecule has 2 heterocycles. The number of hydrogen-bond acceptors (Lipinski definition) is 7. The first-order chi connectivity index (χ1) is 8.66. The summed E-state index contributed by atoms with van der Waals surface area (Å²) in [5.74, 6) is 0.838. The van der Waals surface area contributed by atoms with Gasteiger partial charge in [0.2, 0.25) is 0 Å². The maximum Gasteiger partial charge on any atom is 0.258 e. The van der Waals surface area contributed by atoms with Gasteiger partial charge < -0.3 is 24.5 Å². The van der Waals surface area contributed by atoms with E-state index in [0.717, 1.165) is 0 Å². The Kier molecular flexibility index (Phi) is 4.65. The molecule has 0 aliphatic carbocycles. The lowest BCUT2D eigenvalue weighted by molar-refractivity contribution is -0.101. The Balaban J connectivity index is 1.92. The predicted molar refractivity (Wildman–Crippen MR) is 61.8 cm³/mol. The summed E-state index contributed by atoms with van der Waals surface area (Å²) in [4.78, 5) is 4.22. The maximum atomic E-state index is 5.90. The van der Waals surface area contributed by atoms with Crippen LogP contribution >= 0.6 is 0 Å². The first kappa shape index (κ1) is 13.4. The van der Waals surface area contributed by atoms with Gasteiger partial charge in [0.15, 0.2) is 11.9 Å². The quantitative estimate of drug-likeness (QED) is 0.824. The topological polar surface area (TPSA) is 92.6 Å². The largest absolute Gasteiger partial charge is 0.377 e. The Labute approximate surface area is 106 Å². The van der Waals surface area contributed by atoms with Gasteiger partial charge in [0.05, 0.1) is 38.6 Å². The minimum absolute atomic E-state index is 0.123. The van der Waals surface area contributed by atoms with Crippen LogP contribution in [0.3, 0.4) is 0 Å². The van der Waals surface area contributed by atoms with E-state index in [1.165, 1.54) is 0 Å². The van der Waals surface area contributed by atoms with Gasteiger partial charge >= 0.3 is 0 Å². The van der Waals surface area contributed by atoms with Gasteiger partial charge in [0.1, 0.15) is 0 Å². The lowest BCUT2D eigenvalue weighted by Gasteiger charge is -2.19. The van der Waals surface area contributed by atoms with Gasteiger partial charge in [-0.15, -0.1) is 0 Å². The summed E-state index contributed by atoms with van der Waals surface area (Å²) in [5, 5.41) is 3.84. The normalized spacial score (nSPS) is 22.3. The van der Waals surface area contributed by atoms with Gasteiger partial charge in [-0.25, -0.2) is 0 Å². The Morgan fingerprint density at radius 3 is 2.94 bits per heavy atom. The van der Waals surface area contributed by atoms with Crippen LogP contribution in [0.25, 0.3) is 0 Å². The molecule has 0 radical (unpaired) electrons. The van der Waals surface area contributed by atoms with Gasteiger partial charge in [0.25, 0.3) is 5.89 Å². The summed E-state index contributed by atoms with van der Waals surface area (Å²) >= 11 is 0. The van der Waals surface area contributed by atoms with Crippen LogP contribution < -0.4 is 5.73 Å². The van der Waals surface area contributed by atoms with Gasteiger partial charge in [-0.1, -0.05) is 5.16 Å². The van der Waals surface area contributed by atoms with E-state index in [4.69, 9.17) is 24.5 Å². The molecule has 1 aromatic rings. The second kappa shape index (κ2) is 6.24. The summed E-state index contributed by atoms with van der Waals surface area (Å²) in [6.45, 7) is 5.81. The molecule has 2 rings (SSSR count). The highest BCUT2D eigenvalue weighted by atomic mass is 16.6. The zero-order valence-electron chi connectivity index (χ0n) is 10.7. The molecule has 1 fully saturated rings. The molecular weight excluding hydrogens is 238 g/mol. The molecule has 1 aliphatic rings. The van der Waals surface area contributed by atoms with Crippen molar-refractivity contribution in [2.45, 2.75) is 32.1 Å². The summed E-state index contributed by atoms with van der Waals surface area (Å²) in [6, 6.07) is -0.394. The third-order valence-electron chi connectivity index (χ3n) is 2.49. The molecule has 2 atom stereocenters. The highest BCUT2D eigenvalue weighted by Gasteiger charge is 2.24. The Morgan fingerprint density at radius 2 is 2.28 bits per heavy atom. The van der Waals surface area contributed by atoms with E-state index in [0.29, 0.717) is 38.1 Å². The number of rotatable bonds is 5. The van der Waals surface area contributed by atoms with Gasteiger partial charge in [-0.3, -0.25) is 0 Å². The third-order valence-corrected chi connectivity index (χ3v) is 2.49. The molecule has 0 amide bonds. The second-order valence-electron chi connectivity index (χ2n) is 4.41. The molecule has 1 aromatic heterocycles. The standard InChI is InChI=1S/C11H19N3O4/c1-7(2)17-5-8(12)10-13-11(18-14-10)9-6-15-3-4-16-9/h7-9H,3-6,12H2,1-2H3. The smallest absolute Gasteiger partial charge is 0.258 e. The van der Waals surface area contributed by atoms with Crippen LogP contribution in [0.2, 0.25) is 0 Å². The van der Waals surface area contributed by atoms with Gasteiger partial charge in [-0.2, -0.15) is 4.98 Å². The lowest BCUT2D eigenvalue weighted by Crippen LogP contribution is -2.23. The van der Waals surface area contributed by atoms with E-state index in [2.05, 4.69) is 10.1 Å². The minimum Gasteiger partial charge on any atom is -0.377 e. The molecule has 7 nitrogen and oxygen atoms in total. The number of hydrogen-bond donors (Lipinski definition) is 1. The monoisotopic (exact) mass is 257 g/mol. The Morgan fingerprint density at radius 1 is 1.44 bits per heavy atom. The van der Waals surface area contributed by atoms with Crippen LogP contribution in [0.5, 0.6) is 0 Å². The summed E-state index contributed by atoms with van der Waals surface area (Å²) in [7, 11) is 0. The minimum atomic E-state index is -0.394. The highest BCUT2D eigenvalue weighted by Crippen LogP contribution is 2.20. The van der Waals surface area contributed by atoms with E-state index in [9.17, 15) is 0 Å². The number of nitrogens with zero attached hydrogens (tertiary/aromatic N) is 2. The van der Waals surface area contributed by atoms with E-state index >= 15 is 0 Å². The summed E-state index contributed by atoms with van der Waals surface area (Å²) in [5.41, 5.74) is 5.90. The molecule has 2 N–H and O–H groups in total. The molecule has 1 aliphatic heterocycles. The fraction of sp³-hybridized carbons (Fsp3) is 0.818. The lowest BCUT2D eigenvalue weighted by atomic mass is 10.3. The molecule has 0 aromatic carbocycles. The van der Waals surface area contributed by atoms with Crippen molar-refractivity contribution in [1.29, 1.82) is 0 Å². The molecule has 0 saturated carbocycles. The summed E-state index contributed by atoms with van der Waals surface area (Å²) in [6.07, 6.45) is -0.171. The van der Waals surface area contributed by atoms with Gasteiger partial charge in [-0.05, 0) is 13.8 Å². The zero-order chi connectivity index (χ0) is 13.0. The fourth-order valence-corrected chi connectivity index (χ4v) is 1.53. The van der Waals surface area contributed by atoms with Crippen LogP contribution in [-0.2, 0) is 14.2 Å². The second-order valence-corrected chi connectivity index (χ2v) is 4.41. The zero-order valence-corrected chi connectivity index (χ0v) is 10.7. The van der Waals surface area contributed by atoms with Crippen LogP contribution in [0.4, 0.5) is 0 Å². The number of aromatic nitrogens is 2. The van der Waals surface area contributed by atoms with Crippen molar-refractivity contribution >= 4 is 0 Å². The Bertz CT molecular complexity index is 363. The van der Waals surface area contributed by atoms with Crippen molar-refractivity contribution in [3.05, 3.63) is 11.7 Å². The SMILES string of the molecule is CC(C)OCC(N)c1noc(C2COCCO2)n1. The van der Waals surface area contributed by atoms with Crippen molar-refractivity contribution < 1.29 is 18.7 Å². The molecule has 0 bridgehead atoms. The maximum absolute atomic E-state index is 5.90. The van der Waals surface area contributed by atoms with Crippen molar-refractivity contribution in [2.24, 2.45) is 5.73 Å². The van der Waals surface area contributed by atoms with Gasteiger partial charge in [0, 0.05) is 0 Å². The molecule has 0 spiro atoms. The Hall–Kier alpha value is -1.02. The fourth-order valence-electron chi connectivity index (χ4n) is 1.53. The summed E-state index contributed by atoms with van der Waals surface area (Å²) < 4.78 is 21.3. The van der Waals surface area contributed by atoms with Crippen LogP contribution in [0, 0.1) is 0 Å². The predicted octanol–water partition coefficient (Wildman–Crippen LogP) is 0.582. The highest BCUT2D eigenvalue weighted by molar-refractivity contribution is 4.96. The molecule has 102 valence electrons. The molecule has 18 heavy (non-hydrogen) atoms. The molecule has 1 saturated heterocycles. The average molecular weight is 257 g/mol. The van der Waals surface area contributed by atoms with Crippen LogP contribution in [-0.4, -0.2) is 42.7 Å². The van der Waals surface area contributed by atoms with Crippen molar-refractivity contribution in [3.63, 3.8) is 0 Å². The van der Waals surface area contributed by atoms with E-state index in [1.807, 2.05) is 13.8 Å². The molecule has 2 unspecified atom stereocenters. The number of ether oxygens (including phenoxy) is 3. The molecule has 7 heteroatoms. The van der Waals surface area contributed by atoms with E-state index in [-0.39, 0.29) is 12.2 Å². The van der Waals surface area contributed by atoms with Crippen molar-refractivity contribution in [1.82, 2.24) is 10.1 Å². The third kappa shape index (κ3) is 3.49. The average Bonchev–Trinajstić information content (AvgIpc) is 2.86. The first-order valence-corrected chi connectivity index (χ1v) is 6.07. The first-order valence-electron chi connectivity index (χ1n) is 6.07. The van der Waals surface area contributed by atoms with Crippen LogP contribution in [0.1, 0.15) is 37.7 Å². The number of nitrogens with two attached hydrogens (primary N) is 1. The van der Waals surface area contributed by atoms with E-state index in [1.54, 1.807) is 0 Å². The van der Waals surface area contributed by atoms with E-state index < -0.39 is 6.04 Å². The van der Waals surface area contributed by atoms with Crippen LogP contribution in [0.15, 0.2) is 4.52 Å². The van der Waals surface area contributed by atoms with Crippen molar-refractivity contribution in [3.8, 4) is 0 Å².